The van der Waals surface area contributed by atoms with Crippen molar-refractivity contribution < 1.29 is 13.2 Å². The Morgan fingerprint density at radius 1 is 1.41 bits per heavy atom. The largest absolute Gasteiger partial charge is 0.377 e. The number of rotatable bonds is 4. The zero-order valence-electron chi connectivity index (χ0n) is 10.2. The molecule has 6 nitrogen and oxygen atoms in total. The van der Waals surface area contributed by atoms with Crippen LogP contribution in [-0.4, -0.2) is 57.7 Å². The summed E-state index contributed by atoms with van der Waals surface area (Å²) < 4.78 is 33.9. The van der Waals surface area contributed by atoms with Gasteiger partial charge in [0.2, 0.25) is 0 Å². The predicted octanol–water partition coefficient (Wildman–Crippen LogP) is -0.706. The van der Waals surface area contributed by atoms with Crippen molar-refractivity contribution in [3.05, 3.63) is 0 Å². The third-order valence-corrected chi connectivity index (χ3v) is 4.99. The van der Waals surface area contributed by atoms with E-state index >= 15 is 0 Å². The maximum atomic E-state index is 12.1. The molecular formula is C10H21N3O3S. The number of nitrogens with zero attached hydrogens (tertiary/aromatic N) is 1. The third kappa shape index (κ3) is 3.38. The molecule has 0 bridgehead atoms. The molecule has 2 aliphatic heterocycles. The molecule has 0 aromatic heterocycles. The van der Waals surface area contributed by atoms with Crippen LogP contribution in [0.1, 0.15) is 19.8 Å². The molecule has 2 heterocycles. The number of hydrogen-bond acceptors (Lipinski definition) is 4. The van der Waals surface area contributed by atoms with Crippen molar-refractivity contribution in [3.63, 3.8) is 0 Å². The van der Waals surface area contributed by atoms with Gasteiger partial charge in [-0.25, -0.2) is 0 Å². The van der Waals surface area contributed by atoms with Crippen molar-refractivity contribution in [2.75, 3.05) is 32.8 Å². The molecular weight excluding hydrogens is 242 g/mol. The van der Waals surface area contributed by atoms with Crippen molar-refractivity contribution in [2.24, 2.45) is 0 Å². The zero-order valence-corrected chi connectivity index (χ0v) is 11.0. The minimum absolute atomic E-state index is 0.0210. The molecule has 2 atom stereocenters. The molecule has 0 saturated carbocycles. The number of hydrogen-bond donors (Lipinski definition) is 2. The van der Waals surface area contributed by atoms with Gasteiger partial charge in [-0.3, -0.25) is 0 Å². The summed E-state index contributed by atoms with van der Waals surface area (Å²) in [7, 11) is -3.36. The number of nitrogens with one attached hydrogen (secondary N) is 2. The van der Waals surface area contributed by atoms with Crippen molar-refractivity contribution >= 4 is 10.2 Å². The van der Waals surface area contributed by atoms with Crippen LogP contribution in [0.25, 0.3) is 0 Å². The molecule has 0 spiro atoms. The van der Waals surface area contributed by atoms with Gasteiger partial charge in [-0.15, -0.1) is 0 Å². The van der Waals surface area contributed by atoms with Crippen molar-refractivity contribution in [2.45, 2.75) is 31.9 Å². The molecule has 7 heteroatoms. The van der Waals surface area contributed by atoms with Gasteiger partial charge in [-0.1, -0.05) is 0 Å². The van der Waals surface area contributed by atoms with Crippen molar-refractivity contribution in [1.29, 1.82) is 0 Å². The van der Waals surface area contributed by atoms with Crippen molar-refractivity contribution in [3.8, 4) is 0 Å². The first-order valence-corrected chi connectivity index (χ1v) is 7.63. The van der Waals surface area contributed by atoms with Gasteiger partial charge in [-0.2, -0.15) is 17.4 Å². The van der Waals surface area contributed by atoms with Gasteiger partial charge >= 0.3 is 0 Å². The highest BCUT2D eigenvalue weighted by molar-refractivity contribution is 7.87. The molecule has 0 radical (unpaired) electrons. The van der Waals surface area contributed by atoms with Crippen LogP contribution in [0.3, 0.4) is 0 Å². The first-order chi connectivity index (χ1) is 8.09. The fraction of sp³-hybridized carbons (Fsp3) is 1.00. The van der Waals surface area contributed by atoms with Gasteiger partial charge in [0.15, 0.2) is 0 Å². The summed E-state index contributed by atoms with van der Waals surface area (Å²) in [5.74, 6) is 0. The summed E-state index contributed by atoms with van der Waals surface area (Å²) in [6.45, 7) is 5.12. The summed E-state index contributed by atoms with van der Waals surface area (Å²) in [5.41, 5.74) is 0. The van der Waals surface area contributed by atoms with Crippen LogP contribution < -0.4 is 10.0 Å². The van der Waals surface area contributed by atoms with E-state index in [1.165, 1.54) is 4.31 Å². The maximum absolute atomic E-state index is 12.1. The Balaban J connectivity index is 1.91. The number of piperazine rings is 1. The Kier molecular flexibility index (Phi) is 4.37. The standard InChI is InChI=1S/C10H21N3O3S/c1-9(10-3-2-8-16-10)12-17(14,15)13-6-4-11-5-7-13/h9-12H,2-8H2,1H3. The second-order valence-electron chi connectivity index (χ2n) is 4.61. The fourth-order valence-corrected chi connectivity index (χ4v) is 3.70. The van der Waals surface area contributed by atoms with Crippen LogP contribution in [0.5, 0.6) is 0 Å². The molecule has 0 aliphatic carbocycles. The van der Waals surface area contributed by atoms with E-state index < -0.39 is 10.2 Å². The van der Waals surface area contributed by atoms with Gasteiger partial charge in [0, 0.05) is 38.8 Å². The van der Waals surface area contributed by atoms with Crippen LogP contribution >= 0.6 is 0 Å². The monoisotopic (exact) mass is 263 g/mol. The maximum Gasteiger partial charge on any atom is 0.279 e. The van der Waals surface area contributed by atoms with Gasteiger partial charge in [0.05, 0.1) is 6.10 Å². The van der Waals surface area contributed by atoms with Gasteiger partial charge in [0.1, 0.15) is 0 Å². The SMILES string of the molecule is CC(NS(=O)(=O)N1CCNCC1)C1CCCO1. The van der Waals surface area contributed by atoms with Crippen LogP contribution in [0, 0.1) is 0 Å². The lowest BCUT2D eigenvalue weighted by molar-refractivity contribution is 0.0896. The Hall–Kier alpha value is -0.210. The van der Waals surface area contributed by atoms with E-state index in [9.17, 15) is 8.42 Å². The molecule has 0 aromatic rings. The lowest BCUT2D eigenvalue weighted by Crippen LogP contribution is -2.53. The summed E-state index contributed by atoms with van der Waals surface area (Å²) in [5, 5.41) is 3.14. The summed E-state index contributed by atoms with van der Waals surface area (Å²) >= 11 is 0. The highest BCUT2D eigenvalue weighted by Gasteiger charge is 2.30. The molecule has 2 unspecified atom stereocenters. The average molecular weight is 263 g/mol. The first kappa shape index (κ1) is 13.2. The lowest BCUT2D eigenvalue weighted by atomic mass is 10.1. The quantitative estimate of drug-likeness (QED) is 0.703. The number of ether oxygens (including phenoxy) is 1. The zero-order chi connectivity index (χ0) is 12.3. The van der Waals surface area contributed by atoms with E-state index in [0.717, 1.165) is 32.5 Å². The topological polar surface area (TPSA) is 70.7 Å². The highest BCUT2D eigenvalue weighted by atomic mass is 32.2. The first-order valence-electron chi connectivity index (χ1n) is 6.19. The summed E-state index contributed by atoms with van der Waals surface area (Å²) in [4.78, 5) is 0. The van der Waals surface area contributed by atoms with Gasteiger partial charge in [0.25, 0.3) is 10.2 Å². The minimum Gasteiger partial charge on any atom is -0.377 e. The van der Waals surface area contributed by atoms with E-state index in [0.29, 0.717) is 13.1 Å². The van der Waals surface area contributed by atoms with E-state index in [1.54, 1.807) is 0 Å². The second-order valence-corrected chi connectivity index (χ2v) is 6.31. The predicted molar refractivity (Wildman–Crippen MR) is 64.9 cm³/mol. The Morgan fingerprint density at radius 3 is 2.71 bits per heavy atom. The molecule has 2 N–H and O–H groups in total. The van der Waals surface area contributed by atoms with Crippen LogP contribution in [0.2, 0.25) is 0 Å². The Bertz CT molecular complexity index is 335. The third-order valence-electron chi connectivity index (χ3n) is 3.27. The fourth-order valence-electron chi connectivity index (χ4n) is 2.27. The molecule has 0 amide bonds. The molecule has 2 rings (SSSR count). The smallest absolute Gasteiger partial charge is 0.279 e. The minimum atomic E-state index is -3.36. The highest BCUT2D eigenvalue weighted by Crippen LogP contribution is 2.16. The molecule has 2 saturated heterocycles. The van der Waals surface area contributed by atoms with Crippen molar-refractivity contribution in [1.82, 2.24) is 14.3 Å². The van der Waals surface area contributed by atoms with Crippen LogP contribution in [0.4, 0.5) is 0 Å². The molecule has 0 aromatic carbocycles. The lowest BCUT2D eigenvalue weighted by Gasteiger charge is -2.29. The Labute approximate surface area is 103 Å². The van der Waals surface area contributed by atoms with E-state index in [4.69, 9.17) is 4.74 Å². The average Bonchev–Trinajstić information content (AvgIpc) is 2.83. The van der Waals surface area contributed by atoms with E-state index in [1.807, 2.05) is 6.92 Å². The van der Waals surface area contributed by atoms with Gasteiger partial charge < -0.3 is 10.1 Å². The summed E-state index contributed by atoms with van der Waals surface area (Å²) in [6.07, 6.45) is 1.97. The molecule has 17 heavy (non-hydrogen) atoms. The van der Waals surface area contributed by atoms with E-state index in [-0.39, 0.29) is 12.1 Å². The normalized spacial score (nSPS) is 29.4. The molecule has 2 aliphatic rings. The Morgan fingerprint density at radius 2 is 2.12 bits per heavy atom. The van der Waals surface area contributed by atoms with Crippen LogP contribution in [-0.2, 0) is 14.9 Å². The van der Waals surface area contributed by atoms with Gasteiger partial charge in [-0.05, 0) is 19.8 Å². The second kappa shape index (κ2) is 5.62. The summed E-state index contributed by atoms with van der Waals surface area (Å²) in [6, 6.07) is -0.155. The van der Waals surface area contributed by atoms with E-state index in [2.05, 4.69) is 10.0 Å². The van der Waals surface area contributed by atoms with Crippen LogP contribution in [0.15, 0.2) is 0 Å². The molecule has 100 valence electrons. The molecule has 2 fully saturated rings.